The molecule has 5 rings (SSSR count). The number of non-ortho nitro benzene ring substituents is 1. The normalized spacial score (nSPS) is 20.0. The Labute approximate surface area is 171 Å². The fraction of sp³-hybridized carbons (Fsp3) is 0.300. The summed E-state index contributed by atoms with van der Waals surface area (Å²) in [4.78, 5) is 15.3. The van der Waals surface area contributed by atoms with E-state index in [-0.39, 0.29) is 18.5 Å². The molecule has 1 atom stereocenters. The molecule has 0 saturated carbocycles. The van der Waals surface area contributed by atoms with Crippen molar-refractivity contribution in [3.63, 3.8) is 0 Å². The molecule has 0 N–H and O–H groups in total. The predicted octanol–water partition coefficient (Wildman–Crippen LogP) is 3.43. The second kappa shape index (κ2) is 7.07. The first kappa shape index (κ1) is 18.0. The molecule has 0 unspecified atom stereocenters. The van der Waals surface area contributed by atoms with Crippen molar-refractivity contribution in [2.24, 2.45) is 10.1 Å². The van der Waals surface area contributed by atoms with E-state index in [4.69, 9.17) is 14.6 Å². The highest BCUT2D eigenvalue weighted by Gasteiger charge is 2.30. The summed E-state index contributed by atoms with van der Waals surface area (Å²) in [6, 6.07) is 10.6. The molecule has 8 nitrogen and oxygen atoms in total. The minimum Gasteiger partial charge on any atom is -0.454 e. The average molecular weight is 410 g/mol. The van der Waals surface area contributed by atoms with E-state index >= 15 is 0 Å². The summed E-state index contributed by atoms with van der Waals surface area (Å²) in [6.07, 6.45) is 0.769. The van der Waals surface area contributed by atoms with Gasteiger partial charge < -0.3 is 9.47 Å². The van der Waals surface area contributed by atoms with E-state index in [0.29, 0.717) is 5.75 Å². The Kier molecular flexibility index (Phi) is 4.39. The second-order valence-electron chi connectivity index (χ2n) is 7.03. The number of benzene rings is 2. The largest absolute Gasteiger partial charge is 0.454 e. The fourth-order valence-electron chi connectivity index (χ4n) is 3.69. The first-order chi connectivity index (χ1) is 14.1. The maximum absolute atomic E-state index is 11.1. The summed E-state index contributed by atoms with van der Waals surface area (Å²) in [6.45, 7) is 3.12. The van der Waals surface area contributed by atoms with Gasteiger partial charge in [-0.1, -0.05) is 11.8 Å². The number of thioether (sulfide) groups is 1. The second-order valence-corrected chi connectivity index (χ2v) is 8.09. The Morgan fingerprint density at radius 2 is 1.97 bits per heavy atom. The van der Waals surface area contributed by atoms with E-state index in [2.05, 4.69) is 11.9 Å². The van der Waals surface area contributed by atoms with Crippen molar-refractivity contribution < 1.29 is 14.4 Å². The van der Waals surface area contributed by atoms with Crippen molar-refractivity contribution in [2.75, 3.05) is 19.1 Å². The predicted molar refractivity (Wildman–Crippen MR) is 111 cm³/mol. The van der Waals surface area contributed by atoms with E-state index in [9.17, 15) is 10.1 Å². The molecule has 0 bridgehead atoms. The molecule has 3 heterocycles. The Morgan fingerprint density at radius 3 is 2.66 bits per heavy atom. The van der Waals surface area contributed by atoms with Crippen molar-refractivity contribution in [1.29, 1.82) is 0 Å². The van der Waals surface area contributed by atoms with Crippen LogP contribution >= 0.6 is 11.8 Å². The Bertz CT molecular complexity index is 1050. The maximum atomic E-state index is 11.1. The topological polar surface area (TPSA) is 89.6 Å². The van der Waals surface area contributed by atoms with Gasteiger partial charge in [0.05, 0.1) is 23.2 Å². The molecule has 3 aliphatic heterocycles. The van der Waals surface area contributed by atoms with Crippen molar-refractivity contribution in [2.45, 2.75) is 19.4 Å². The van der Waals surface area contributed by atoms with Crippen LogP contribution in [0.15, 0.2) is 46.5 Å². The van der Waals surface area contributed by atoms with E-state index in [1.165, 1.54) is 12.1 Å². The zero-order valence-corrected chi connectivity index (χ0v) is 16.5. The van der Waals surface area contributed by atoms with Crippen molar-refractivity contribution >= 4 is 28.3 Å². The van der Waals surface area contributed by atoms with Gasteiger partial charge in [-0.25, -0.2) is 5.01 Å². The van der Waals surface area contributed by atoms with Crippen LogP contribution in [-0.4, -0.2) is 45.9 Å². The van der Waals surface area contributed by atoms with Gasteiger partial charge in [-0.3, -0.25) is 15.1 Å². The lowest BCUT2D eigenvalue weighted by molar-refractivity contribution is -0.384. The molecule has 2 aromatic rings. The van der Waals surface area contributed by atoms with Gasteiger partial charge in [-0.05, 0) is 43.2 Å². The number of fused-ring (bicyclic) bond motifs is 2. The standard InChI is InChI=1S/C20H18N4O4S/c1-12-8-14-9-17-18(28-11-27-17)10-16(14)19(22-23(12)20-21-6-7-29-20)13-2-4-15(5-3-13)24(25)26/h2-5,9-10,12H,6-8,11H2,1H3/t12-/m1/s1. The minimum atomic E-state index is -0.400. The Morgan fingerprint density at radius 1 is 1.21 bits per heavy atom. The number of nitrogens with zero attached hydrogens (tertiary/aromatic N) is 4. The van der Waals surface area contributed by atoms with Gasteiger partial charge in [0, 0.05) is 29.0 Å². The number of hydrogen-bond acceptors (Lipinski definition) is 8. The van der Waals surface area contributed by atoms with E-state index < -0.39 is 4.92 Å². The molecule has 0 radical (unpaired) electrons. The number of nitro benzene ring substituents is 1. The van der Waals surface area contributed by atoms with Gasteiger partial charge in [0.15, 0.2) is 16.7 Å². The summed E-state index contributed by atoms with van der Waals surface area (Å²) in [7, 11) is 0. The number of nitro groups is 1. The van der Waals surface area contributed by atoms with E-state index in [1.54, 1.807) is 23.9 Å². The van der Waals surface area contributed by atoms with Crippen LogP contribution in [0.3, 0.4) is 0 Å². The lowest BCUT2D eigenvalue weighted by atomic mass is 9.94. The molecule has 0 spiro atoms. The van der Waals surface area contributed by atoms with Gasteiger partial charge in [0.1, 0.15) is 0 Å². The molecule has 2 aromatic carbocycles. The third-order valence-corrected chi connectivity index (χ3v) is 6.07. The van der Waals surface area contributed by atoms with Crippen LogP contribution in [0.5, 0.6) is 11.5 Å². The zero-order valence-electron chi connectivity index (χ0n) is 15.7. The van der Waals surface area contributed by atoms with Crippen molar-refractivity contribution in [3.8, 4) is 11.5 Å². The van der Waals surface area contributed by atoms with Crippen LogP contribution < -0.4 is 9.47 Å². The molecule has 0 aliphatic carbocycles. The van der Waals surface area contributed by atoms with Crippen LogP contribution in [0, 0.1) is 10.1 Å². The lowest BCUT2D eigenvalue weighted by Crippen LogP contribution is -2.33. The summed E-state index contributed by atoms with van der Waals surface area (Å²) in [5.41, 5.74) is 3.65. The number of rotatable bonds is 2. The highest BCUT2D eigenvalue weighted by molar-refractivity contribution is 8.14. The number of hydrazone groups is 1. The van der Waals surface area contributed by atoms with Gasteiger partial charge in [-0.2, -0.15) is 5.10 Å². The third-order valence-electron chi connectivity index (χ3n) is 5.11. The van der Waals surface area contributed by atoms with E-state index in [1.807, 2.05) is 17.1 Å². The van der Waals surface area contributed by atoms with Crippen LogP contribution in [-0.2, 0) is 6.42 Å². The molecule has 0 aromatic heterocycles. The highest BCUT2D eigenvalue weighted by atomic mass is 32.2. The van der Waals surface area contributed by atoms with Gasteiger partial charge in [0.25, 0.3) is 5.69 Å². The molecule has 3 aliphatic rings. The van der Waals surface area contributed by atoms with Crippen LogP contribution in [0.1, 0.15) is 23.6 Å². The molecule has 148 valence electrons. The molecular weight excluding hydrogens is 392 g/mol. The molecule has 0 amide bonds. The quantitative estimate of drug-likeness (QED) is 0.557. The Balaban J connectivity index is 1.66. The Hall–Kier alpha value is -3.07. The molecule has 29 heavy (non-hydrogen) atoms. The first-order valence-electron chi connectivity index (χ1n) is 9.33. The minimum absolute atomic E-state index is 0.0508. The summed E-state index contributed by atoms with van der Waals surface area (Å²) in [5, 5.41) is 18.9. The molecular formula is C20H18N4O4S. The number of aliphatic imine (C=N–C) groups is 1. The lowest BCUT2D eigenvalue weighted by Gasteiger charge is -2.24. The summed E-state index contributed by atoms with van der Waals surface area (Å²) < 4.78 is 11.2. The van der Waals surface area contributed by atoms with Crippen molar-refractivity contribution in [1.82, 2.24) is 5.01 Å². The maximum Gasteiger partial charge on any atom is 0.269 e. The molecule has 9 heteroatoms. The highest BCUT2D eigenvalue weighted by Crippen LogP contribution is 2.38. The van der Waals surface area contributed by atoms with E-state index in [0.717, 1.165) is 52.0 Å². The van der Waals surface area contributed by atoms with Gasteiger partial charge in [0.2, 0.25) is 6.79 Å². The zero-order chi connectivity index (χ0) is 20.0. The first-order valence-corrected chi connectivity index (χ1v) is 10.3. The fourth-order valence-corrected chi connectivity index (χ4v) is 4.59. The summed E-state index contributed by atoms with van der Waals surface area (Å²) in [5.74, 6) is 2.37. The van der Waals surface area contributed by atoms with Crippen LogP contribution in [0.2, 0.25) is 0 Å². The van der Waals surface area contributed by atoms with Crippen LogP contribution in [0.25, 0.3) is 0 Å². The van der Waals surface area contributed by atoms with Gasteiger partial charge >= 0.3 is 0 Å². The SMILES string of the molecule is C[C@@H]1Cc2cc3c(cc2C(c2ccc([N+](=O)[O-])cc2)=NN1C1=NCCS1)OCO3. The smallest absolute Gasteiger partial charge is 0.269 e. The number of hydrogen-bond donors (Lipinski definition) is 0. The van der Waals surface area contributed by atoms with Crippen LogP contribution in [0.4, 0.5) is 5.69 Å². The number of ether oxygens (including phenoxy) is 2. The van der Waals surface area contributed by atoms with Crippen molar-refractivity contribution in [3.05, 3.63) is 63.2 Å². The molecule has 0 fully saturated rings. The average Bonchev–Trinajstić information content (AvgIpc) is 3.38. The summed E-state index contributed by atoms with van der Waals surface area (Å²) >= 11 is 1.70. The third kappa shape index (κ3) is 3.21. The molecule has 0 saturated heterocycles. The number of amidine groups is 1. The monoisotopic (exact) mass is 410 g/mol. The van der Waals surface area contributed by atoms with Gasteiger partial charge in [-0.15, -0.1) is 0 Å².